The number of aryl methyl sites for hydroxylation is 3. The molecule has 0 unspecified atom stereocenters. The summed E-state index contributed by atoms with van der Waals surface area (Å²) in [5.41, 5.74) is 1.21. The number of nitrogens with zero attached hydrogens (tertiary/aromatic N) is 3. The molecule has 6 nitrogen and oxygen atoms in total. The molecule has 1 aliphatic rings. The topological polar surface area (TPSA) is 75.2 Å². The van der Waals surface area contributed by atoms with Crippen LogP contribution in [0.2, 0.25) is 0 Å². The summed E-state index contributed by atoms with van der Waals surface area (Å²) >= 11 is 3.24. The van der Waals surface area contributed by atoms with Crippen LogP contribution in [0.3, 0.4) is 0 Å². The van der Waals surface area contributed by atoms with E-state index in [2.05, 4.69) is 29.1 Å². The van der Waals surface area contributed by atoms with Crippen LogP contribution in [-0.2, 0) is 4.79 Å². The van der Waals surface area contributed by atoms with E-state index < -0.39 is 0 Å². The fourth-order valence-corrected chi connectivity index (χ4v) is 4.53. The van der Waals surface area contributed by atoms with Crippen LogP contribution in [-0.4, -0.2) is 45.6 Å². The van der Waals surface area contributed by atoms with Crippen LogP contribution >= 0.6 is 23.1 Å². The van der Waals surface area contributed by atoms with Crippen molar-refractivity contribution in [2.45, 2.75) is 25.8 Å². The number of imide groups is 1. The Morgan fingerprint density at radius 1 is 1.27 bits per heavy atom. The highest BCUT2D eigenvalue weighted by molar-refractivity contribution is 7.99. The maximum Gasteiger partial charge on any atom is 0.324 e. The molecule has 0 atom stereocenters. The molecule has 0 saturated carbocycles. The molecule has 3 amide bonds. The first kappa shape index (κ1) is 15.2. The molecule has 2 aromatic heterocycles. The first-order valence-electron chi connectivity index (χ1n) is 6.92. The van der Waals surface area contributed by atoms with Gasteiger partial charge in [0.2, 0.25) is 5.91 Å². The molecule has 22 heavy (non-hydrogen) atoms. The molecule has 116 valence electrons. The van der Waals surface area contributed by atoms with Crippen LogP contribution in [0.15, 0.2) is 5.03 Å². The highest BCUT2D eigenvalue weighted by Crippen LogP contribution is 2.35. The molecular weight excluding hydrogens is 320 g/mol. The molecule has 2 aromatic rings. The number of urea groups is 1. The average molecular weight is 336 g/mol. The van der Waals surface area contributed by atoms with Crippen molar-refractivity contribution >= 4 is 45.3 Å². The molecule has 0 radical (unpaired) electrons. The van der Waals surface area contributed by atoms with Crippen LogP contribution < -0.4 is 5.32 Å². The normalized spacial score (nSPS) is 15.0. The third-order valence-corrected chi connectivity index (χ3v) is 5.65. The summed E-state index contributed by atoms with van der Waals surface area (Å²) in [6.07, 6.45) is 0. The number of carbonyl (C=O) groups excluding carboxylic acids is 2. The van der Waals surface area contributed by atoms with E-state index in [1.165, 1.54) is 15.3 Å². The fourth-order valence-electron chi connectivity index (χ4n) is 2.33. The van der Waals surface area contributed by atoms with E-state index in [9.17, 15) is 9.59 Å². The second kappa shape index (κ2) is 5.85. The second-order valence-corrected chi connectivity index (χ2v) is 7.38. The van der Waals surface area contributed by atoms with E-state index >= 15 is 0 Å². The second-order valence-electron chi connectivity index (χ2n) is 5.09. The lowest BCUT2D eigenvalue weighted by atomic mass is 10.2. The number of fused-ring (bicyclic) bond motifs is 1. The molecule has 1 fully saturated rings. The van der Waals surface area contributed by atoms with Gasteiger partial charge in [0.15, 0.2) is 0 Å². The SMILES string of the molecule is Cc1nc(SCCN2C(=O)CNC2=O)c2c(C)c(C)sc2n1. The third-order valence-electron chi connectivity index (χ3n) is 3.60. The summed E-state index contributed by atoms with van der Waals surface area (Å²) < 4.78 is 0. The summed E-state index contributed by atoms with van der Waals surface area (Å²) in [7, 11) is 0. The van der Waals surface area contributed by atoms with Crippen LogP contribution in [0.4, 0.5) is 4.79 Å². The van der Waals surface area contributed by atoms with E-state index in [1.807, 2.05) is 6.92 Å². The van der Waals surface area contributed by atoms with Crippen molar-refractivity contribution < 1.29 is 9.59 Å². The van der Waals surface area contributed by atoms with E-state index in [1.54, 1.807) is 23.1 Å². The smallest absolute Gasteiger partial charge is 0.324 e. The Balaban J connectivity index is 1.79. The zero-order valence-electron chi connectivity index (χ0n) is 12.6. The third kappa shape index (κ3) is 2.68. The van der Waals surface area contributed by atoms with Crippen molar-refractivity contribution in [2.75, 3.05) is 18.8 Å². The van der Waals surface area contributed by atoms with E-state index in [0.717, 1.165) is 21.1 Å². The molecule has 0 bridgehead atoms. The van der Waals surface area contributed by atoms with Gasteiger partial charge in [-0.1, -0.05) is 0 Å². The maximum atomic E-state index is 11.6. The molecule has 8 heteroatoms. The number of rotatable bonds is 4. The lowest BCUT2D eigenvalue weighted by Gasteiger charge is -2.12. The summed E-state index contributed by atoms with van der Waals surface area (Å²) in [6.45, 7) is 6.53. The van der Waals surface area contributed by atoms with Crippen molar-refractivity contribution in [3.05, 3.63) is 16.3 Å². The van der Waals surface area contributed by atoms with Gasteiger partial charge in [-0.3, -0.25) is 9.69 Å². The molecule has 0 aromatic carbocycles. The van der Waals surface area contributed by atoms with Crippen LogP contribution in [0.5, 0.6) is 0 Å². The van der Waals surface area contributed by atoms with E-state index in [-0.39, 0.29) is 18.5 Å². The van der Waals surface area contributed by atoms with Gasteiger partial charge >= 0.3 is 6.03 Å². The number of nitrogens with one attached hydrogen (secondary N) is 1. The van der Waals surface area contributed by atoms with Gasteiger partial charge < -0.3 is 5.32 Å². The first-order valence-corrected chi connectivity index (χ1v) is 8.73. The van der Waals surface area contributed by atoms with Gasteiger partial charge in [-0.2, -0.15) is 0 Å². The maximum absolute atomic E-state index is 11.6. The van der Waals surface area contributed by atoms with Crippen LogP contribution in [0.25, 0.3) is 10.2 Å². The van der Waals surface area contributed by atoms with E-state index in [4.69, 9.17) is 0 Å². The molecular formula is C14H16N4O2S2. The summed E-state index contributed by atoms with van der Waals surface area (Å²) in [5.74, 6) is 1.20. The molecule has 3 heterocycles. The Labute approximate surface area is 136 Å². The Morgan fingerprint density at radius 2 is 2.05 bits per heavy atom. The predicted octanol–water partition coefficient (Wildman–Crippen LogP) is 2.26. The van der Waals surface area contributed by atoms with Crippen molar-refractivity contribution in [1.29, 1.82) is 0 Å². The summed E-state index contributed by atoms with van der Waals surface area (Å²) in [5, 5.41) is 4.54. The van der Waals surface area contributed by atoms with Gasteiger partial charge in [-0.15, -0.1) is 23.1 Å². The van der Waals surface area contributed by atoms with Crippen molar-refractivity contribution in [3.63, 3.8) is 0 Å². The average Bonchev–Trinajstić information content (AvgIpc) is 2.92. The van der Waals surface area contributed by atoms with Crippen molar-refractivity contribution in [2.24, 2.45) is 0 Å². The first-order chi connectivity index (χ1) is 10.5. The molecule has 1 N–H and O–H groups in total. The van der Waals surface area contributed by atoms with Crippen LogP contribution in [0, 0.1) is 20.8 Å². The predicted molar refractivity (Wildman–Crippen MR) is 87.5 cm³/mol. The van der Waals surface area contributed by atoms with Gasteiger partial charge in [0.05, 0.1) is 6.54 Å². The monoisotopic (exact) mass is 336 g/mol. The van der Waals surface area contributed by atoms with Crippen LogP contribution in [0.1, 0.15) is 16.3 Å². The molecule has 1 saturated heterocycles. The van der Waals surface area contributed by atoms with Gasteiger partial charge in [0.25, 0.3) is 0 Å². The zero-order chi connectivity index (χ0) is 15.9. The highest BCUT2D eigenvalue weighted by Gasteiger charge is 2.27. The largest absolute Gasteiger partial charge is 0.329 e. The number of hydrogen-bond donors (Lipinski definition) is 1. The number of thiophene rings is 1. The Bertz CT molecular complexity index is 756. The molecule has 1 aliphatic heterocycles. The highest BCUT2D eigenvalue weighted by atomic mass is 32.2. The number of thioether (sulfide) groups is 1. The fraction of sp³-hybridized carbons (Fsp3) is 0.429. The van der Waals surface area contributed by atoms with Crippen molar-refractivity contribution in [1.82, 2.24) is 20.2 Å². The molecule has 0 spiro atoms. The standard InChI is InChI=1S/C14H16N4O2S2/c1-7-8(2)22-13-11(7)12(16-9(3)17-13)21-5-4-18-10(19)6-15-14(18)20/h4-6H2,1-3H3,(H,15,20). The Hall–Kier alpha value is -1.67. The number of aromatic nitrogens is 2. The Kier molecular flexibility index (Phi) is 4.05. The quantitative estimate of drug-likeness (QED) is 0.526. The minimum absolute atomic E-state index is 0.100. The van der Waals surface area contributed by atoms with E-state index in [0.29, 0.717) is 12.3 Å². The minimum Gasteiger partial charge on any atom is -0.329 e. The lowest BCUT2D eigenvalue weighted by molar-refractivity contribution is -0.124. The lowest BCUT2D eigenvalue weighted by Crippen LogP contribution is -2.32. The number of carbonyl (C=O) groups is 2. The van der Waals surface area contributed by atoms with Crippen molar-refractivity contribution in [3.8, 4) is 0 Å². The van der Waals surface area contributed by atoms with Gasteiger partial charge in [0.1, 0.15) is 15.7 Å². The molecule has 3 rings (SSSR count). The molecule has 0 aliphatic carbocycles. The summed E-state index contributed by atoms with van der Waals surface area (Å²) in [4.78, 5) is 35.6. The summed E-state index contributed by atoms with van der Waals surface area (Å²) in [6, 6.07) is -0.308. The zero-order valence-corrected chi connectivity index (χ0v) is 14.2. The van der Waals surface area contributed by atoms with Gasteiger partial charge in [0, 0.05) is 22.6 Å². The number of hydrogen-bond acceptors (Lipinski definition) is 6. The Morgan fingerprint density at radius 3 is 2.73 bits per heavy atom. The van der Waals surface area contributed by atoms with Gasteiger partial charge in [-0.25, -0.2) is 14.8 Å². The minimum atomic E-state index is -0.308. The number of amides is 3. The van der Waals surface area contributed by atoms with Gasteiger partial charge in [-0.05, 0) is 26.3 Å².